The second kappa shape index (κ2) is 8.99. The minimum Gasteiger partial charge on any atom is -0.372 e. The maximum atomic E-state index is 13.4. The summed E-state index contributed by atoms with van der Waals surface area (Å²) in [5.74, 6) is -1.14. The number of benzene rings is 2. The maximum absolute atomic E-state index is 13.4. The van der Waals surface area contributed by atoms with E-state index in [0.717, 1.165) is 18.8 Å². The van der Waals surface area contributed by atoms with Crippen molar-refractivity contribution in [3.63, 3.8) is 0 Å². The number of carbonyl (C=O) groups is 2. The van der Waals surface area contributed by atoms with Crippen molar-refractivity contribution in [3.8, 4) is 0 Å². The molecule has 0 atom stereocenters. The minimum atomic E-state index is -0.457. The van der Waals surface area contributed by atoms with Crippen molar-refractivity contribution in [3.05, 3.63) is 54.3 Å². The summed E-state index contributed by atoms with van der Waals surface area (Å²) in [6.45, 7) is 7.14. The average Bonchev–Trinajstić information content (AvgIpc) is 2.62. The zero-order valence-corrected chi connectivity index (χ0v) is 15.3. The van der Waals surface area contributed by atoms with Gasteiger partial charge in [0.1, 0.15) is 12.4 Å². The van der Waals surface area contributed by atoms with Crippen LogP contribution in [0.5, 0.6) is 0 Å². The molecule has 0 aromatic heterocycles. The van der Waals surface area contributed by atoms with Crippen LogP contribution in [0.2, 0.25) is 0 Å². The minimum absolute atomic E-state index is 0.184. The lowest BCUT2D eigenvalue weighted by Gasteiger charge is -2.22. The van der Waals surface area contributed by atoms with Gasteiger partial charge in [0.15, 0.2) is 0 Å². The van der Waals surface area contributed by atoms with Gasteiger partial charge in [-0.15, -0.1) is 0 Å². The van der Waals surface area contributed by atoms with E-state index in [1.54, 1.807) is 6.07 Å². The normalized spacial score (nSPS) is 10.3. The monoisotopic (exact) mass is 357 g/mol. The summed E-state index contributed by atoms with van der Waals surface area (Å²) in [4.78, 5) is 27.6. The Kier molecular flexibility index (Phi) is 6.72. The molecule has 0 heterocycles. The lowest BCUT2D eigenvalue weighted by molar-refractivity contribution is -0.120. The predicted octanol–water partition coefficient (Wildman–Crippen LogP) is 3.66. The summed E-state index contributed by atoms with van der Waals surface area (Å²) < 4.78 is 13.4. The fourth-order valence-corrected chi connectivity index (χ4v) is 2.72. The first-order valence-corrected chi connectivity index (χ1v) is 8.63. The quantitative estimate of drug-likeness (QED) is 0.823. The number of hydrogen-bond acceptors (Lipinski definition) is 3. The Bertz CT molecular complexity index is 758. The average molecular weight is 357 g/mol. The molecule has 0 aliphatic carbocycles. The summed E-state index contributed by atoms with van der Waals surface area (Å²) in [6.07, 6.45) is 0. The van der Waals surface area contributed by atoms with Crippen molar-refractivity contribution < 1.29 is 14.0 Å². The second-order valence-electron chi connectivity index (χ2n) is 5.85. The highest BCUT2D eigenvalue weighted by Crippen LogP contribution is 2.19. The standard InChI is InChI=1S/C20H24FN3O2/c1-4-23(5-2)18-11-9-17(10-12-18)22-20(26)14-24(15(3)25)19-8-6-7-16(21)13-19/h6-13H,4-5,14H2,1-3H3,(H,22,26). The number of amides is 2. The van der Waals surface area contributed by atoms with E-state index in [4.69, 9.17) is 0 Å². The summed E-state index contributed by atoms with van der Waals surface area (Å²) >= 11 is 0. The van der Waals surface area contributed by atoms with Crippen LogP contribution >= 0.6 is 0 Å². The number of anilines is 3. The Balaban J connectivity index is 2.05. The highest BCUT2D eigenvalue weighted by atomic mass is 19.1. The van der Waals surface area contributed by atoms with Gasteiger partial charge in [0.05, 0.1) is 0 Å². The Morgan fingerprint density at radius 3 is 2.19 bits per heavy atom. The summed E-state index contributed by atoms with van der Waals surface area (Å²) in [5.41, 5.74) is 2.08. The van der Waals surface area contributed by atoms with E-state index in [1.807, 2.05) is 24.3 Å². The van der Waals surface area contributed by atoms with Crippen molar-refractivity contribution in [1.82, 2.24) is 0 Å². The molecule has 2 amide bonds. The molecule has 2 rings (SSSR count). The molecule has 26 heavy (non-hydrogen) atoms. The Labute approximate surface area is 153 Å². The topological polar surface area (TPSA) is 52.7 Å². The number of hydrogen-bond donors (Lipinski definition) is 1. The molecule has 0 aliphatic rings. The molecule has 2 aromatic carbocycles. The first-order chi connectivity index (χ1) is 12.4. The molecule has 0 spiro atoms. The molecule has 0 unspecified atom stereocenters. The van der Waals surface area contributed by atoms with E-state index in [-0.39, 0.29) is 18.4 Å². The lowest BCUT2D eigenvalue weighted by Crippen LogP contribution is -2.36. The van der Waals surface area contributed by atoms with Gasteiger partial charge < -0.3 is 15.1 Å². The third-order valence-corrected chi connectivity index (χ3v) is 4.08. The van der Waals surface area contributed by atoms with Crippen LogP contribution in [0.4, 0.5) is 21.5 Å². The molecule has 0 aliphatic heterocycles. The van der Waals surface area contributed by atoms with Crippen LogP contribution in [0.3, 0.4) is 0 Å². The van der Waals surface area contributed by atoms with Gasteiger partial charge in [-0.25, -0.2) is 4.39 Å². The molecule has 1 N–H and O–H groups in total. The van der Waals surface area contributed by atoms with Crippen LogP contribution < -0.4 is 15.1 Å². The Morgan fingerprint density at radius 2 is 1.65 bits per heavy atom. The van der Waals surface area contributed by atoms with E-state index >= 15 is 0 Å². The SMILES string of the molecule is CCN(CC)c1ccc(NC(=O)CN(C(C)=O)c2cccc(F)c2)cc1. The zero-order valence-electron chi connectivity index (χ0n) is 15.3. The molecular weight excluding hydrogens is 333 g/mol. The third kappa shape index (κ3) is 5.05. The fraction of sp³-hybridized carbons (Fsp3) is 0.300. The molecule has 0 saturated heterocycles. The summed E-state index contributed by atoms with van der Waals surface area (Å²) in [7, 11) is 0. The molecular formula is C20H24FN3O2. The van der Waals surface area contributed by atoms with Crippen molar-refractivity contribution in [2.45, 2.75) is 20.8 Å². The smallest absolute Gasteiger partial charge is 0.244 e. The van der Waals surface area contributed by atoms with Crippen molar-refractivity contribution in [1.29, 1.82) is 0 Å². The van der Waals surface area contributed by atoms with E-state index < -0.39 is 5.82 Å². The zero-order chi connectivity index (χ0) is 19.1. The molecule has 0 fully saturated rings. The van der Waals surface area contributed by atoms with Crippen LogP contribution in [-0.2, 0) is 9.59 Å². The van der Waals surface area contributed by atoms with Crippen molar-refractivity contribution >= 4 is 28.9 Å². The van der Waals surface area contributed by atoms with Crippen molar-refractivity contribution in [2.75, 3.05) is 34.8 Å². The van der Waals surface area contributed by atoms with E-state index in [9.17, 15) is 14.0 Å². The highest BCUT2D eigenvalue weighted by Gasteiger charge is 2.16. The number of halogens is 1. The van der Waals surface area contributed by atoms with Gasteiger partial charge in [-0.3, -0.25) is 9.59 Å². The molecule has 6 heteroatoms. The predicted molar refractivity (Wildman–Crippen MR) is 103 cm³/mol. The van der Waals surface area contributed by atoms with Gasteiger partial charge in [-0.2, -0.15) is 0 Å². The number of rotatable bonds is 7. The lowest BCUT2D eigenvalue weighted by atomic mass is 10.2. The Hall–Kier alpha value is -2.89. The summed E-state index contributed by atoms with van der Waals surface area (Å²) in [6, 6.07) is 13.2. The van der Waals surface area contributed by atoms with E-state index in [2.05, 4.69) is 24.1 Å². The maximum Gasteiger partial charge on any atom is 0.244 e. The molecule has 2 aromatic rings. The molecule has 0 saturated carbocycles. The van der Waals surface area contributed by atoms with Crippen LogP contribution in [0, 0.1) is 5.82 Å². The highest BCUT2D eigenvalue weighted by molar-refractivity contribution is 6.01. The molecule has 5 nitrogen and oxygen atoms in total. The molecule has 0 radical (unpaired) electrons. The van der Waals surface area contributed by atoms with Crippen molar-refractivity contribution in [2.24, 2.45) is 0 Å². The van der Waals surface area contributed by atoms with Gasteiger partial charge in [0, 0.05) is 37.1 Å². The second-order valence-corrected chi connectivity index (χ2v) is 5.85. The number of carbonyl (C=O) groups excluding carboxylic acids is 2. The number of nitrogens with zero attached hydrogens (tertiary/aromatic N) is 2. The largest absolute Gasteiger partial charge is 0.372 e. The van der Waals surface area contributed by atoms with Crippen LogP contribution in [-0.4, -0.2) is 31.4 Å². The van der Waals surface area contributed by atoms with Gasteiger partial charge in [-0.1, -0.05) is 6.07 Å². The first kappa shape index (κ1) is 19.4. The molecule has 138 valence electrons. The molecule has 0 bridgehead atoms. The van der Waals surface area contributed by atoms with E-state index in [1.165, 1.54) is 30.0 Å². The van der Waals surface area contributed by atoms with Gasteiger partial charge in [0.25, 0.3) is 0 Å². The van der Waals surface area contributed by atoms with Crippen LogP contribution in [0.25, 0.3) is 0 Å². The first-order valence-electron chi connectivity index (χ1n) is 8.63. The third-order valence-electron chi connectivity index (χ3n) is 4.08. The van der Waals surface area contributed by atoms with Gasteiger partial charge in [-0.05, 0) is 56.3 Å². The van der Waals surface area contributed by atoms with Crippen LogP contribution in [0.15, 0.2) is 48.5 Å². The van der Waals surface area contributed by atoms with Gasteiger partial charge >= 0.3 is 0 Å². The number of nitrogens with one attached hydrogen (secondary N) is 1. The van der Waals surface area contributed by atoms with Crippen LogP contribution in [0.1, 0.15) is 20.8 Å². The fourth-order valence-electron chi connectivity index (χ4n) is 2.72. The van der Waals surface area contributed by atoms with Gasteiger partial charge in [0.2, 0.25) is 11.8 Å². The Morgan fingerprint density at radius 1 is 1.00 bits per heavy atom. The summed E-state index contributed by atoms with van der Waals surface area (Å²) in [5, 5.41) is 2.77. The van der Waals surface area contributed by atoms with E-state index in [0.29, 0.717) is 11.4 Å².